The van der Waals surface area contributed by atoms with E-state index in [1.807, 2.05) is 18.2 Å². The van der Waals surface area contributed by atoms with E-state index in [0.717, 1.165) is 16.9 Å². The molecule has 3 rings (SSSR count). The van der Waals surface area contributed by atoms with Gasteiger partial charge in [0.2, 0.25) is 5.95 Å². The number of aryl methyl sites for hydroxylation is 1. The lowest BCUT2D eigenvalue weighted by atomic mass is 9.98. The van der Waals surface area contributed by atoms with Crippen LogP contribution in [0.25, 0.3) is 0 Å². The summed E-state index contributed by atoms with van der Waals surface area (Å²) in [7, 11) is 0. The van der Waals surface area contributed by atoms with E-state index in [0.29, 0.717) is 23.2 Å². The van der Waals surface area contributed by atoms with Crippen LogP contribution in [0.5, 0.6) is 0 Å². The molecule has 0 unspecified atom stereocenters. The summed E-state index contributed by atoms with van der Waals surface area (Å²) >= 11 is 0. The van der Waals surface area contributed by atoms with Gasteiger partial charge in [-0.2, -0.15) is 4.98 Å². The molecule has 0 atom stereocenters. The largest absolute Gasteiger partial charge is 0.340 e. The molecule has 3 aromatic rings. The molecule has 5 nitrogen and oxygen atoms in total. The third-order valence-corrected chi connectivity index (χ3v) is 4.38. The van der Waals surface area contributed by atoms with Gasteiger partial charge in [-0.3, -0.25) is 4.79 Å². The Kier molecular flexibility index (Phi) is 5.50. The van der Waals surface area contributed by atoms with Gasteiger partial charge >= 0.3 is 0 Å². The number of nitrogens with one attached hydrogen (secondary N) is 2. The summed E-state index contributed by atoms with van der Waals surface area (Å²) in [6.45, 7) is 7.97. The van der Waals surface area contributed by atoms with Crippen molar-refractivity contribution < 1.29 is 4.79 Å². The van der Waals surface area contributed by atoms with Crippen LogP contribution < -0.4 is 10.6 Å². The first-order chi connectivity index (χ1) is 12.9. The molecule has 0 aliphatic carbocycles. The van der Waals surface area contributed by atoms with Crippen molar-refractivity contribution in [2.45, 2.75) is 33.6 Å². The second-order valence-electron chi connectivity index (χ2n) is 6.84. The number of ketones is 1. The first-order valence-corrected chi connectivity index (χ1v) is 9.01. The molecule has 0 fully saturated rings. The summed E-state index contributed by atoms with van der Waals surface area (Å²) in [6, 6.07) is 15.4. The molecule has 5 heteroatoms. The number of rotatable bonds is 6. The van der Waals surface area contributed by atoms with Gasteiger partial charge in [0, 0.05) is 23.1 Å². The fourth-order valence-electron chi connectivity index (χ4n) is 2.88. The van der Waals surface area contributed by atoms with Crippen LogP contribution in [0, 0.1) is 6.92 Å². The van der Waals surface area contributed by atoms with E-state index in [1.165, 1.54) is 5.56 Å². The molecule has 1 aromatic heterocycles. The van der Waals surface area contributed by atoms with Gasteiger partial charge in [0.15, 0.2) is 5.78 Å². The predicted molar refractivity (Wildman–Crippen MR) is 110 cm³/mol. The number of para-hydroxylation sites is 1. The quantitative estimate of drug-likeness (QED) is 0.560. The van der Waals surface area contributed by atoms with E-state index >= 15 is 0 Å². The van der Waals surface area contributed by atoms with Crippen LogP contribution in [-0.2, 0) is 0 Å². The highest BCUT2D eigenvalue weighted by atomic mass is 16.1. The minimum atomic E-state index is 0.0502. The Morgan fingerprint density at radius 2 is 1.74 bits per heavy atom. The molecule has 0 aliphatic heterocycles. The molecule has 0 amide bonds. The fourth-order valence-corrected chi connectivity index (χ4v) is 2.88. The van der Waals surface area contributed by atoms with Gasteiger partial charge in [-0.25, -0.2) is 4.98 Å². The Labute approximate surface area is 159 Å². The molecule has 2 aromatic carbocycles. The van der Waals surface area contributed by atoms with Gasteiger partial charge in [0.25, 0.3) is 0 Å². The van der Waals surface area contributed by atoms with Gasteiger partial charge in [-0.05, 0) is 61.2 Å². The first kappa shape index (κ1) is 18.6. The summed E-state index contributed by atoms with van der Waals surface area (Å²) < 4.78 is 0. The average molecular weight is 360 g/mol. The zero-order valence-electron chi connectivity index (χ0n) is 16.1. The second-order valence-corrected chi connectivity index (χ2v) is 6.84. The zero-order chi connectivity index (χ0) is 19.4. The van der Waals surface area contributed by atoms with Crippen LogP contribution in [0.4, 0.5) is 23.1 Å². The maximum absolute atomic E-state index is 11.4. The minimum absolute atomic E-state index is 0.0502. The van der Waals surface area contributed by atoms with Crippen molar-refractivity contribution >= 4 is 28.9 Å². The highest BCUT2D eigenvalue weighted by Crippen LogP contribution is 2.29. The number of benzene rings is 2. The van der Waals surface area contributed by atoms with E-state index in [9.17, 15) is 4.79 Å². The summed E-state index contributed by atoms with van der Waals surface area (Å²) in [6.07, 6.45) is 1.72. The van der Waals surface area contributed by atoms with Crippen molar-refractivity contribution in [1.29, 1.82) is 0 Å². The van der Waals surface area contributed by atoms with Crippen LogP contribution in [0.3, 0.4) is 0 Å². The van der Waals surface area contributed by atoms with Gasteiger partial charge in [-0.1, -0.05) is 32.0 Å². The summed E-state index contributed by atoms with van der Waals surface area (Å²) in [5.41, 5.74) is 4.99. The number of carbonyl (C=O) groups is 1. The number of nitrogens with zero attached hydrogens (tertiary/aromatic N) is 2. The van der Waals surface area contributed by atoms with Gasteiger partial charge < -0.3 is 10.6 Å². The maximum Gasteiger partial charge on any atom is 0.229 e. The number of anilines is 4. The topological polar surface area (TPSA) is 66.9 Å². The van der Waals surface area contributed by atoms with Gasteiger partial charge in [-0.15, -0.1) is 0 Å². The monoisotopic (exact) mass is 360 g/mol. The van der Waals surface area contributed by atoms with Gasteiger partial charge in [0.1, 0.15) is 5.82 Å². The fraction of sp³-hybridized carbons (Fsp3) is 0.227. The van der Waals surface area contributed by atoms with Crippen molar-refractivity contribution in [3.8, 4) is 0 Å². The van der Waals surface area contributed by atoms with Crippen LogP contribution in [0.15, 0.2) is 54.7 Å². The third-order valence-electron chi connectivity index (χ3n) is 4.38. The minimum Gasteiger partial charge on any atom is -0.340 e. The van der Waals surface area contributed by atoms with E-state index in [2.05, 4.69) is 59.6 Å². The molecule has 0 spiro atoms. The molecule has 138 valence electrons. The highest BCUT2D eigenvalue weighted by molar-refractivity contribution is 5.94. The van der Waals surface area contributed by atoms with Crippen LogP contribution in [-0.4, -0.2) is 15.8 Å². The lowest BCUT2D eigenvalue weighted by molar-refractivity contribution is 0.101. The number of carbonyl (C=O) groups excluding carboxylic acids is 1. The maximum atomic E-state index is 11.4. The molecule has 0 aliphatic rings. The number of hydrogen-bond donors (Lipinski definition) is 2. The Balaban J connectivity index is 1.81. The predicted octanol–water partition coefficient (Wildman–Crippen LogP) is 5.60. The molecule has 1 heterocycles. The van der Waals surface area contributed by atoms with Crippen LogP contribution in [0.1, 0.15) is 48.2 Å². The zero-order valence-corrected chi connectivity index (χ0v) is 16.1. The smallest absolute Gasteiger partial charge is 0.229 e. The van der Waals surface area contributed by atoms with Crippen LogP contribution in [0.2, 0.25) is 0 Å². The summed E-state index contributed by atoms with van der Waals surface area (Å²) in [4.78, 5) is 20.3. The van der Waals surface area contributed by atoms with Crippen molar-refractivity contribution in [3.05, 3.63) is 71.4 Å². The lowest BCUT2D eigenvalue weighted by Gasteiger charge is -2.16. The molecule has 0 saturated carbocycles. The Morgan fingerprint density at radius 3 is 2.41 bits per heavy atom. The summed E-state index contributed by atoms with van der Waals surface area (Å²) in [5.74, 6) is 1.67. The first-order valence-electron chi connectivity index (χ1n) is 9.01. The molecular weight excluding hydrogens is 336 g/mol. The molecule has 0 radical (unpaired) electrons. The highest BCUT2D eigenvalue weighted by Gasteiger charge is 2.11. The number of Topliss-reactive ketones (excluding diaryl/α,β-unsaturated/α-hetero) is 1. The van der Waals surface area contributed by atoms with Crippen molar-refractivity contribution in [2.24, 2.45) is 0 Å². The Morgan fingerprint density at radius 1 is 1.00 bits per heavy atom. The van der Waals surface area contributed by atoms with E-state index < -0.39 is 0 Å². The van der Waals surface area contributed by atoms with Crippen molar-refractivity contribution in [2.75, 3.05) is 10.6 Å². The van der Waals surface area contributed by atoms with Crippen LogP contribution >= 0.6 is 0 Å². The second kappa shape index (κ2) is 7.99. The Bertz CT molecular complexity index is 949. The summed E-state index contributed by atoms with van der Waals surface area (Å²) in [5, 5.41) is 6.61. The normalized spacial score (nSPS) is 10.7. The number of hydrogen-bond acceptors (Lipinski definition) is 5. The van der Waals surface area contributed by atoms with Gasteiger partial charge in [0.05, 0.1) is 0 Å². The molecule has 27 heavy (non-hydrogen) atoms. The van der Waals surface area contributed by atoms with Crippen molar-refractivity contribution in [3.63, 3.8) is 0 Å². The standard InChI is InChI=1S/C22H24N4O/c1-14(2)19-7-5-6-15(3)21(19)26-22-23-13-12-20(25-22)24-18-10-8-17(9-11-18)16(4)27/h5-14H,1-4H3,(H2,23,24,25,26). The van der Waals surface area contributed by atoms with Crippen molar-refractivity contribution in [1.82, 2.24) is 9.97 Å². The number of aromatic nitrogens is 2. The Hall–Kier alpha value is -3.21. The molecule has 2 N–H and O–H groups in total. The van der Waals surface area contributed by atoms with E-state index in [4.69, 9.17) is 0 Å². The van der Waals surface area contributed by atoms with E-state index in [-0.39, 0.29) is 5.78 Å². The molecular formula is C22H24N4O. The lowest BCUT2D eigenvalue weighted by Crippen LogP contribution is -2.04. The SMILES string of the molecule is CC(=O)c1ccc(Nc2ccnc(Nc3c(C)cccc3C(C)C)n2)cc1. The average Bonchev–Trinajstić information content (AvgIpc) is 2.64. The molecule has 0 bridgehead atoms. The van der Waals surface area contributed by atoms with E-state index in [1.54, 1.807) is 25.3 Å². The third kappa shape index (κ3) is 4.50. The molecule has 0 saturated heterocycles.